The Labute approximate surface area is 77.5 Å². The Morgan fingerprint density at radius 1 is 1.27 bits per heavy atom. The number of hydrogen-bond donors (Lipinski definition) is 0. The monoisotopic (exact) mass is 266 g/mol. The van der Waals surface area contributed by atoms with Crippen molar-refractivity contribution in [1.29, 1.82) is 0 Å². The normalized spacial score (nSPS) is 48.8. The summed E-state index contributed by atoms with van der Waals surface area (Å²) < 4.78 is 1.23. The van der Waals surface area contributed by atoms with Gasteiger partial charge in [0.25, 0.3) is 0 Å². The van der Waals surface area contributed by atoms with Gasteiger partial charge in [0.15, 0.2) is 0 Å². The van der Waals surface area contributed by atoms with Crippen LogP contribution in [0.1, 0.15) is 26.2 Å². The van der Waals surface area contributed by atoms with Crippen molar-refractivity contribution in [2.45, 2.75) is 30.1 Å². The van der Waals surface area contributed by atoms with Crippen LogP contribution in [0, 0.1) is 17.8 Å². The van der Waals surface area contributed by atoms with E-state index < -0.39 is 19.8 Å². The van der Waals surface area contributed by atoms with Crippen molar-refractivity contribution < 1.29 is 0 Å². The average molecular weight is 266 g/mol. The van der Waals surface area contributed by atoms with Gasteiger partial charge in [-0.3, -0.25) is 0 Å². The molecule has 0 aromatic heterocycles. The Hall–Kier alpha value is 0.730. The molecule has 2 aliphatic rings. The zero-order valence-electron chi connectivity index (χ0n) is 7.81. The number of rotatable bonds is 2. The average Bonchev–Trinajstić information content (AvgIpc) is 2.63. The molecule has 0 aromatic rings. The Bertz CT molecular complexity index is 153. The van der Waals surface area contributed by atoms with E-state index in [1.54, 1.807) is 12.8 Å². The fraction of sp³-hybridized carbons (Fsp3) is 1.00. The third-order valence-electron chi connectivity index (χ3n) is 3.55. The summed E-state index contributed by atoms with van der Waals surface area (Å²) in [5.41, 5.74) is 0. The van der Waals surface area contributed by atoms with E-state index >= 15 is 0 Å². The molecule has 2 saturated carbocycles. The first-order chi connectivity index (χ1) is 5.24. The Kier molecular flexibility index (Phi) is 2.19. The molecule has 3 unspecified atom stereocenters. The number of hydrogen-bond acceptors (Lipinski definition) is 0. The van der Waals surface area contributed by atoms with Crippen molar-refractivity contribution in [1.82, 2.24) is 0 Å². The third-order valence-corrected chi connectivity index (χ3v) is 8.18. The number of fused-ring (bicyclic) bond motifs is 1. The van der Waals surface area contributed by atoms with E-state index in [1.807, 2.05) is 0 Å². The molecule has 0 nitrogen and oxygen atoms in total. The van der Waals surface area contributed by atoms with Gasteiger partial charge in [0.05, 0.1) is 0 Å². The molecule has 1 heteroatoms. The summed E-state index contributed by atoms with van der Waals surface area (Å²) in [6.45, 7) is 2.40. The second-order valence-electron chi connectivity index (χ2n) is 4.30. The van der Waals surface area contributed by atoms with Gasteiger partial charge in [0.2, 0.25) is 0 Å². The van der Waals surface area contributed by atoms with Crippen molar-refractivity contribution in [3.63, 3.8) is 0 Å². The van der Waals surface area contributed by atoms with Gasteiger partial charge in [-0.1, -0.05) is 0 Å². The molecule has 4 atom stereocenters. The van der Waals surface area contributed by atoms with Crippen molar-refractivity contribution in [3.05, 3.63) is 0 Å². The van der Waals surface area contributed by atoms with Crippen LogP contribution in [0.3, 0.4) is 0 Å². The topological polar surface area (TPSA) is 0 Å². The predicted molar refractivity (Wildman–Crippen MR) is 59.7 cm³/mol. The van der Waals surface area contributed by atoms with Crippen molar-refractivity contribution >= 4 is 19.8 Å². The maximum atomic E-state index is 2.56. The van der Waals surface area contributed by atoms with Crippen molar-refractivity contribution in [2.75, 3.05) is 9.86 Å². The van der Waals surface area contributed by atoms with E-state index in [-0.39, 0.29) is 0 Å². The van der Waals surface area contributed by atoms with Gasteiger partial charge in [-0.05, 0) is 0 Å². The molecule has 0 amide bonds. The molecule has 11 heavy (non-hydrogen) atoms. The van der Waals surface area contributed by atoms with Crippen LogP contribution in [0.15, 0.2) is 0 Å². The van der Waals surface area contributed by atoms with Gasteiger partial charge in [-0.2, -0.15) is 0 Å². The zero-order valence-corrected chi connectivity index (χ0v) is 9.97. The molecule has 2 aliphatic carbocycles. The molecule has 2 rings (SSSR count). The zero-order chi connectivity index (χ0) is 8.01. The van der Waals surface area contributed by atoms with Gasteiger partial charge in [-0.25, -0.2) is 0 Å². The van der Waals surface area contributed by atoms with Gasteiger partial charge >= 0.3 is 77.5 Å². The van der Waals surface area contributed by atoms with E-state index in [0.29, 0.717) is 0 Å². The molecular weight excluding hydrogens is 247 g/mol. The summed E-state index contributed by atoms with van der Waals surface area (Å²) in [5, 5.41) is 0. The Morgan fingerprint density at radius 2 is 2.00 bits per heavy atom. The van der Waals surface area contributed by atoms with Crippen molar-refractivity contribution in [2.24, 2.45) is 17.8 Å². The standard InChI is InChI=1S/C10H19I/c1-4-8-9-5-7(9)6-10(8)11(2)3/h7-10H,4-6H2,1-3H3/t7?,8-,9?,10?/m0/s1. The Balaban J connectivity index is 2.01. The minimum absolute atomic E-state index is 0.466. The van der Waals surface area contributed by atoms with Crippen molar-refractivity contribution in [3.8, 4) is 0 Å². The van der Waals surface area contributed by atoms with E-state index in [0.717, 1.165) is 0 Å². The molecule has 0 spiro atoms. The van der Waals surface area contributed by atoms with Gasteiger partial charge in [-0.15, -0.1) is 0 Å². The van der Waals surface area contributed by atoms with Gasteiger partial charge in [0, 0.05) is 0 Å². The SMILES string of the molecule is CC[C@H]1C2CC2CC1I(C)C. The first-order valence-electron chi connectivity index (χ1n) is 4.72. The minimum atomic E-state index is -0.466. The van der Waals surface area contributed by atoms with Crippen LogP contribution in [-0.4, -0.2) is 13.8 Å². The fourth-order valence-corrected chi connectivity index (χ4v) is 7.42. The quantitative estimate of drug-likeness (QED) is 0.532. The molecule has 0 bridgehead atoms. The first-order valence-corrected chi connectivity index (χ1v) is 10.3. The fourth-order valence-electron chi connectivity index (χ4n) is 2.86. The van der Waals surface area contributed by atoms with E-state index in [9.17, 15) is 0 Å². The van der Waals surface area contributed by atoms with Crippen LogP contribution in [0.5, 0.6) is 0 Å². The summed E-state index contributed by atoms with van der Waals surface area (Å²) in [6.07, 6.45) is 4.70. The van der Waals surface area contributed by atoms with E-state index in [2.05, 4.69) is 16.8 Å². The van der Waals surface area contributed by atoms with Crippen LogP contribution >= 0.6 is 19.8 Å². The van der Waals surface area contributed by atoms with E-state index in [1.165, 1.54) is 28.1 Å². The molecule has 0 aromatic carbocycles. The summed E-state index contributed by atoms with van der Waals surface area (Å²) in [4.78, 5) is 5.12. The first kappa shape index (κ1) is 8.33. The summed E-state index contributed by atoms with van der Waals surface area (Å²) in [7, 11) is 0. The van der Waals surface area contributed by atoms with Crippen LogP contribution < -0.4 is 0 Å². The maximum absolute atomic E-state index is 2.56. The van der Waals surface area contributed by atoms with Crippen LogP contribution in [0.4, 0.5) is 0 Å². The van der Waals surface area contributed by atoms with Crippen LogP contribution in [0.25, 0.3) is 0 Å². The Morgan fingerprint density at radius 3 is 2.45 bits per heavy atom. The number of halogens is 1. The third kappa shape index (κ3) is 1.34. The number of alkyl halides is 3. The summed E-state index contributed by atoms with van der Waals surface area (Å²) >= 11 is -0.466. The molecule has 66 valence electrons. The van der Waals surface area contributed by atoms with Gasteiger partial charge in [0.1, 0.15) is 0 Å². The summed E-state index contributed by atoms with van der Waals surface area (Å²) in [6, 6.07) is 0. The summed E-state index contributed by atoms with van der Waals surface area (Å²) in [5.74, 6) is 3.56. The molecule has 0 aliphatic heterocycles. The molecule has 0 N–H and O–H groups in total. The molecular formula is C10H19I. The van der Waals surface area contributed by atoms with Crippen LogP contribution in [0.2, 0.25) is 0 Å². The molecule has 2 fully saturated rings. The molecule has 0 radical (unpaired) electrons. The predicted octanol–water partition coefficient (Wildman–Crippen LogP) is 3.19. The molecule has 0 saturated heterocycles. The van der Waals surface area contributed by atoms with E-state index in [4.69, 9.17) is 0 Å². The molecule has 0 heterocycles. The second-order valence-corrected chi connectivity index (χ2v) is 10.5. The van der Waals surface area contributed by atoms with Gasteiger partial charge < -0.3 is 0 Å². The second kappa shape index (κ2) is 2.90. The van der Waals surface area contributed by atoms with Crippen LogP contribution in [-0.2, 0) is 0 Å².